The lowest BCUT2D eigenvalue weighted by molar-refractivity contribution is 0.201. The summed E-state index contributed by atoms with van der Waals surface area (Å²) in [6.45, 7) is 11.4. The van der Waals surface area contributed by atoms with Gasteiger partial charge in [0.1, 0.15) is 17.5 Å². The first-order chi connectivity index (χ1) is 8.86. The number of nitrogens with one attached hydrogen (secondary N) is 1. The van der Waals surface area contributed by atoms with E-state index in [9.17, 15) is 5.11 Å². The predicted molar refractivity (Wildman–Crippen MR) is 80.0 cm³/mol. The molecule has 2 N–H and O–H groups in total. The van der Waals surface area contributed by atoms with Crippen molar-refractivity contribution in [3.05, 3.63) is 11.4 Å². The third-order valence-electron chi connectivity index (χ3n) is 2.90. The summed E-state index contributed by atoms with van der Waals surface area (Å²) in [7, 11) is 1.95. The van der Waals surface area contributed by atoms with E-state index in [-0.39, 0.29) is 12.0 Å². The molecule has 1 unspecified atom stereocenters. The molecule has 0 saturated heterocycles. The molecule has 1 heterocycles. The molecule has 108 valence electrons. The summed E-state index contributed by atoms with van der Waals surface area (Å²) in [5, 5.41) is 12.8. The minimum atomic E-state index is -0.385. The van der Waals surface area contributed by atoms with Crippen LogP contribution in [0.5, 0.6) is 0 Å². The second kappa shape index (κ2) is 6.70. The van der Waals surface area contributed by atoms with Crippen molar-refractivity contribution in [1.29, 1.82) is 0 Å². The zero-order valence-corrected chi connectivity index (χ0v) is 12.9. The molecule has 19 heavy (non-hydrogen) atoms. The first-order valence-corrected chi connectivity index (χ1v) is 6.88. The molecule has 0 amide bonds. The number of rotatable bonds is 6. The monoisotopic (exact) mass is 266 g/mol. The molecule has 5 heteroatoms. The van der Waals surface area contributed by atoms with Gasteiger partial charge < -0.3 is 15.3 Å². The van der Waals surface area contributed by atoms with Gasteiger partial charge in [-0.2, -0.15) is 0 Å². The van der Waals surface area contributed by atoms with E-state index in [4.69, 9.17) is 0 Å². The van der Waals surface area contributed by atoms with Gasteiger partial charge in [0.05, 0.1) is 6.10 Å². The summed E-state index contributed by atoms with van der Waals surface area (Å²) < 4.78 is 0. The maximum absolute atomic E-state index is 9.53. The van der Waals surface area contributed by atoms with Crippen LogP contribution in [0.25, 0.3) is 0 Å². The molecule has 1 atom stereocenters. The van der Waals surface area contributed by atoms with Gasteiger partial charge in [-0.3, -0.25) is 0 Å². The highest BCUT2D eigenvalue weighted by Gasteiger charge is 2.16. The van der Waals surface area contributed by atoms with Gasteiger partial charge in [-0.1, -0.05) is 13.8 Å². The average Bonchev–Trinajstić information content (AvgIpc) is 2.30. The van der Waals surface area contributed by atoms with Gasteiger partial charge in [0.2, 0.25) is 0 Å². The van der Waals surface area contributed by atoms with Gasteiger partial charge in [-0.05, 0) is 20.8 Å². The minimum Gasteiger partial charge on any atom is -0.392 e. The smallest absolute Gasteiger partial charge is 0.137 e. The van der Waals surface area contributed by atoms with Gasteiger partial charge in [0.15, 0.2) is 0 Å². The van der Waals surface area contributed by atoms with Crippen molar-refractivity contribution in [3.63, 3.8) is 0 Å². The quantitative estimate of drug-likeness (QED) is 0.826. The van der Waals surface area contributed by atoms with E-state index in [1.54, 1.807) is 6.92 Å². The average molecular weight is 266 g/mol. The van der Waals surface area contributed by atoms with Crippen LogP contribution in [0.2, 0.25) is 0 Å². The molecule has 0 saturated carbocycles. The fourth-order valence-corrected chi connectivity index (χ4v) is 1.97. The van der Waals surface area contributed by atoms with E-state index in [0.717, 1.165) is 29.6 Å². The number of aromatic nitrogens is 2. The Bertz CT molecular complexity index is 418. The molecule has 0 aliphatic carbocycles. The van der Waals surface area contributed by atoms with Crippen LogP contribution in [-0.2, 0) is 0 Å². The van der Waals surface area contributed by atoms with Gasteiger partial charge in [-0.25, -0.2) is 9.97 Å². The summed E-state index contributed by atoms with van der Waals surface area (Å²) in [6, 6.07) is 0. The number of likely N-dealkylation sites (N-methyl/N-ethyl adjacent to an activating group) is 1. The highest BCUT2D eigenvalue weighted by Crippen LogP contribution is 2.25. The van der Waals surface area contributed by atoms with Crippen LogP contribution in [0.15, 0.2) is 0 Å². The van der Waals surface area contributed by atoms with Crippen molar-refractivity contribution in [1.82, 2.24) is 9.97 Å². The topological polar surface area (TPSA) is 61.3 Å². The first kappa shape index (κ1) is 15.7. The van der Waals surface area contributed by atoms with E-state index < -0.39 is 0 Å². The lowest BCUT2D eigenvalue weighted by atomic mass is 10.2. The molecular weight excluding hydrogens is 240 g/mol. The number of anilines is 2. The zero-order valence-electron chi connectivity index (χ0n) is 12.9. The number of aliphatic hydroxyl groups excluding tert-OH is 1. The normalized spacial score (nSPS) is 12.6. The molecule has 5 nitrogen and oxygen atoms in total. The fourth-order valence-electron chi connectivity index (χ4n) is 1.97. The van der Waals surface area contributed by atoms with Crippen LogP contribution in [-0.4, -0.2) is 41.3 Å². The number of aliphatic hydroxyl groups is 1. The molecule has 1 rings (SSSR count). The Morgan fingerprint density at radius 2 is 1.89 bits per heavy atom. The molecule has 1 aromatic heterocycles. The third-order valence-corrected chi connectivity index (χ3v) is 2.90. The van der Waals surface area contributed by atoms with Crippen LogP contribution >= 0.6 is 0 Å². The summed E-state index contributed by atoms with van der Waals surface area (Å²) in [6.07, 6.45) is -0.385. The number of nitrogens with zero attached hydrogens (tertiary/aromatic N) is 3. The standard InChI is InChI=1S/C14H26N4O/c1-7-15-13-11(5)14(18(6)8-10(4)19)17-12(16-13)9(2)3/h9-10,19H,7-8H2,1-6H3,(H,15,16,17). The van der Waals surface area contributed by atoms with Crippen LogP contribution in [0.3, 0.4) is 0 Å². The van der Waals surface area contributed by atoms with Crippen molar-refractivity contribution in [2.45, 2.75) is 46.6 Å². The lowest BCUT2D eigenvalue weighted by Gasteiger charge is -2.24. The maximum Gasteiger partial charge on any atom is 0.137 e. The van der Waals surface area contributed by atoms with Crippen molar-refractivity contribution in [2.75, 3.05) is 30.4 Å². The van der Waals surface area contributed by atoms with E-state index >= 15 is 0 Å². The molecule has 0 bridgehead atoms. The van der Waals surface area contributed by atoms with Crippen LogP contribution < -0.4 is 10.2 Å². The Balaban J connectivity index is 3.20. The van der Waals surface area contributed by atoms with E-state index in [2.05, 4.69) is 36.1 Å². The van der Waals surface area contributed by atoms with Crippen molar-refractivity contribution >= 4 is 11.6 Å². The van der Waals surface area contributed by atoms with Crippen molar-refractivity contribution < 1.29 is 5.11 Å². The highest BCUT2D eigenvalue weighted by molar-refractivity contribution is 5.58. The Kier molecular flexibility index (Phi) is 5.54. The van der Waals surface area contributed by atoms with Gasteiger partial charge in [0, 0.05) is 31.6 Å². The second-order valence-corrected chi connectivity index (χ2v) is 5.29. The van der Waals surface area contributed by atoms with Gasteiger partial charge >= 0.3 is 0 Å². The first-order valence-electron chi connectivity index (χ1n) is 6.88. The Morgan fingerprint density at radius 3 is 2.37 bits per heavy atom. The van der Waals surface area contributed by atoms with Crippen LogP contribution in [0.1, 0.15) is 45.0 Å². The summed E-state index contributed by atoms with van der Waals surface area (Å²) >= 11 is 0. The molecule has 1 aromatic rings. The summed E-state index contributed by atoms with van der Waals surface area (Å²) in [5.41, 5.74) is 1.02. The molecule has 0 aliphatic rings. The summed E-state index contributed by atoms with van der Waals surface area (Å²) in [5.74, 6) is 2.87. The second-order valence-electron chi connectivity index (χ2n) is 5.29. The third kappa shape index (κ3) is 4.06. The largest absolute Gasteiger partial charge is 0.392 e. The lowest BCUT2D eigenvalue weighted by Crippen LogP contribution is -2.29. The van der Waals surface area contributed by atoms with Crippen LogP contribution in [0.4, 0.5) is 11.6 Å². The van der Waals surface area contributed by atoms with E-state index in [1.165, 1.54) is 0 Å². The highest BCUT2D eigenvalue weighted by atomic mass is 16.3. The summed E-state index contributed by atoms with van der Waals surface area (Å²) in [4.78, 5) is 11.2. The molecular formula is C14H26N4O. The van der Waals surface area contributed by atoms with Crippen molar-refractivity contribution in [2.24, 2.45) is 0 Å². The Hall–Kier alpha value is -1.36. The Labute approximate surface area is 116 Å². The number of hydrogen-bond donors (Lipinski definition) is 2. The molecule has 0 aliphatic heterocycles. The molecule has 0 fully saturated rings. The Morgan fingerprint density at radius 1 is 1.26 bits per heavy atom. The molecule has 0 aromatic carbocycles. The predicted octanol–water partition coefficient (Wildman–Crippen LogP) is 2.16. The van der Waals surface area contributed by atoms with E-state index in [0.29, 0.717) is 6.54 Å². The van der Waals surface area contributed by atoms with E-state index in [1.807, 2.05) is 18.9 Å². The van der Waals surface area contributed by atoms with Gasteiger partial charge in [-0.15, -0.1) is 0 Å². The zero-order chi connectivity index (χ0) is 14.6. The minimum absolute atomic E-state index is 0.275. The number of hydrogen-bond acceptors (Lipinski definition) is 5. The van der Waals surface area contributed by atoms with Crippen molar-refractivity contribution in [3.8, 4) is 0 Å². The van der Waals surface area contributed by atoms with Gasteiger partial charge in [0.25, 0.3) is 0 Å². The molecule has 0 radical (unpaired) electrons. The SMILES string of the molecule is CCNc1nc(C(C)C)nc(N(C)CC(C)O)c1C. The fraction of sp³-hybridized carbons (Fsp3) is 0.714. The maximum atomic E-state index is 9.53. The molecule has 0 spiro atoms. The van der Waals surface area contributed by atoms with Crippen LogP contribution in [0, 0.1) is 6.92 Å².